The molecule has 0 aliphatic heterocycles. The summed E-state index contributed by atoms with van der Waals surface area (Å²) >= 11 is 0. The van der Waals surface area contributed by atoms with Crippen LogP contribution in [-0.2, 0) is 5.41 Å². The fourth-order valence-corrected chi connectivity index (χ4v) is 1.62. The zero-order chi connectivity index (χ0) is 12.6. The van der Waals surface area contributed by atoms with E-state index in [2.05, 4.69) is 30.9 Å². The van der Waals surface area contributed by atoms with Crippen LogP contribution in [0, 0.1) is 0 Å². The molecule has 0 radical (unpaired) electrons. The fourth-order valence-electron chi connectivity index (χ4n) is 1.62. The van der Waals surface area contributed by atoms with Crippen molar-refractivity contribution >= 4 is 5.65 Å². The van der Waals surface area contributed by atoms with Crippen molar-refractivity contribution in [3.63, 3.8) is 0 Å². The highest BCUT2D eigenvalue weighted by Crippen LogP contribution is 2.20. The van der Waals surface area contributed by atoms with Gasteiger partial charge in [0.1, 0.15) is 0 Å². The van der Waals surface area contributed by atoms with Crippen molar-refractivity contribution in [3.05, 3.63) is 29.7 Å². The average molecular weight is 234 g/mol. The van der Waals surface area contributed by atoms with E-state index in [9.17, 15) is 0 Å². The lowest BCUT2D eigenvalue weighted by Gasteiger charge is -2.12. The Morgan fingerprint density at radius 2 is 2.12 bits per heavy atom. The van der Waals surface area contributed by atoms with Gasteiger partial charge in [0.25, 0.3) is 0 Å². The zero-order valence-corrected chi connectivity index (χ0v) is 10.4. The molecular formula is C12H18N4O. The third-order valence-corrected chi connectivity index (χ3v) is 2.64. The molecule has 17 heavy (non-hydrogen) atoms. The number of aromatic nitrogens is 3. The van der Waals surface area contributed by atoms with Gasteiger partial charge in [0.15, 0.2) is 11.5 Å². The zero-order valence-electron chi connectivity index (χ0n) is 10.4. The summed E-state index contributed by atoms with van der Waals surface area (Å²) in [6.07, 6.45) is 0. The van der Waals surface area contributed by atoms with Gasteiger partial charge in [0.05, 0.1) is 18.3 Å². The number of aliphatic hydroxyl groups is 1. The Balaban J connectivity index is 2.61. The van der Waals surface area contributed by atoms with E-state index in [1.807, 2.05) is 18.2 Å². The van der Waals surface area contributed by atoms with Gasteiger partial charge in [0.2, 0.25) is 0 Å². The van der Waals surface area contributed by atoms with Gasteiger partial charge in [-0.1, -0.05) is 26.8 Å². The highest BCUT2D eigenvalue weighted by Gasteiger charge is 2.21. The van der Waals surface area contributed by atoms with Gasteiger partial charge < -0.3 is 10.8 Å². The molecule has 5 nitrogen and oxygen atoms in total. The van der Waals surface area contributed by atoms with E-state index in [0.29, 0.717) is 0 Å². The lowest BCUT2D eigenvalue weighted by molar-refractivity contribution is 0.264. The van der Waals surface area contributed by atoms with Gasteiger partial charge in [-0.05, 0) is 12.1 Å². The molecule has 0 saturated heterocycles. The first kappa shape index (κ1) is 12.0. The second kappa shape index (κ2) is 4.09. The quantitative estimate of drug-likeness (QED) is 0.813. The number of hydrogen-bond acceptors (Lipinski definition) is 4. The molecule has 0 aliphatic rings. The summed E-state index contributed by atoms with van der Waals surface area (Å²) < 4.78 is 1.71. The molecule has 0 spiro atoms. The predicted molar refractivity (Wildman–Crippen MR) is 65.7 cm³/mol. The van der Waals surface area contributed by atoms with E-state index in [1.165, 1.54) is 0 Å². The van der Waals surface area contributed by atoms with Crippen LogP contribution < -0.4 is 5.73 Å². The van der Waals surface area contributed by atoms with E-state index in [4.69, 9.17) is 10.8 Å². The van der Waals surface area contributed by atoms with E-state index in [0.717, 1.165) is 17.2 Å². The number of aliphatic hydroxyl groups excluding tert-OH is 1. The van der Waals surface area contributed by atoms with Crippen molar-refractivity contribution in [1.82, 2.24) is 14.6 Å². The molecule has 1 unspecified atom stereocenters. The van der Waals surface area contributed by atoms with E-state index >= 15 is 0 Å². The lowest BCUT2D eigenvalue weighted by Crippen LogP contribution is -2.19. The third kappa shape index (κ3) is 2.16. The summed E-state index contributed by atoms with van der Waals surface area (Å²) in [7, 11) is 0. The number of nitrogens with zero attached hydrogens (tertiary/aromatic N) is 3. The van der Waals surface area contributed by atoms with Crippen LogP contribution in [0.5, 0.6) is 0 Å². The Hall–Kier alpha value is -1.46. The fraction of sp³-hybridized carbons (Fsp3) is 0.500. The molecule has 1 atom stereocenters. The summed E-state index contributed by atoms with van der Waals surface area (Å²) in [6.45, 7) is 6.08. The Labute approximate surface area is 100 Å². The molecule has 5 heteroatoms. The molecule has 2 aromatic rings. The monoisotopic (exact) mass is 234 g/mol. The van der Waals surface area contributed by atoms with E-state index < -0.39 is 6.04 Å². The maximum atomic E-state index is 9.13. The highest BCUT2D eigenvalue weighted by atomic mass is 16.3. The number of pyridine rings is 1. The van der Waals surface area contributed by atoms with Crippen LogP contribution in [0.3, 0.4) is 0 Å². The van der Waals surface area contributed by atoms with Gasteiger partial charge in [-0.15, -0.1) is 0 Å². The second-order valence-corrected chi connectivity index (χ2v) is 5.20. The van der Waals surface area contributed by atoms with Crippen LogP contribution in [0.2, 0.25) is 0 Å². The predicted octanol–water partition coefficient (Wildman–Crippen LogP) is 1.02. The van der Waals surface area contributed by atoms with E-state index in [-0.39, 0.29) is 12.0 Å². The van der Waals surface area contributed by atoms with Gasteiger partial charge in [-0.3, -0.25) is 0 Å². The molecule has 0 bridgehead atoms. The highest BCUT2D eigenvalue weighted by molar-refractivity contribution is 5.40. The van der Waals surface area contributed by atoms with Crippen molar-refractivity contribution < 1.29 is 5.11 Å². The number of fused-ring (bicyclic) bond motifs is 1. The topological polar surface area (TPSA) is 76.4 Å². The van der Waals surface area contributed by atoms with Crippen LogP contribution in [0.15, 0.2) is 18.2 Å². The van der Waals surface area contributed by atoms with Gasteiger partial charge in [0, 0.05) is 5.41 Å². The molecular weight excluding hydrogens is 216 g/mol. The summed E-state index contributed by atoms with van der Waals surface area (Å²) in [5.74, 6) is 0.773. The molecule has 0 aromatic carbocycles. The minimum Gasteiger partial charge on any atom is -0.394 e. The molecule has 0 saturated carbocycles. The standard InChI is InChI=1S/C12H18N4O/c1-12(2,3)11-14-10-6-4-5-9(8(13)7-17)16(10)15-11/h4-6,8,17H,7,13H2,1-3H3. The van der Waals surface area contributed by atoms with Crippen molar-refractivity contribution in [3.8, 4) is 0 Å². The SMILES string of the molecule is CC(C)(C)c1nc2cccc(C(N)CO)n2n1. The smallest absolute Gasteiger partial charge is 0.157 e. The Morgan fingerprint density at radius 3 is 2.71 bits per heavy atom. The summed E-state index contributed by atoms with van der Waals surface area (Å²) in [5.41, 5.74) is 7.27. The lowest BCUT2D eigenvalue weighted by atomic mass is 9.96. The van der Waals surface area contributed by atoms with Crippen molar-refractivity contribution in [1.29, 1.82) is 0 Å². The Kier molecular flexibility index (Phi) is 2.89. The molecule has 0 amide bonds. The minimum absolute atomic E-state index is 0.105. The second-order valence-electron chi connectivity index (χ2n) is 5.20. The first-order valence-corrected chi connectivity index (χ1v) is 5.66. The molecule has 2 rings (SSSR count). The average Bonchev–Trinajstić information content (AvgIpc) is 2.71. The van der Waals surface area contributed by atoms with Gasteiger partial charge in [-0.25, -0.2) is 9.50 Å². The molecule has 0 aliphatic carbocycles. The van der Waals surface area contributed by atoms with Crippen molar-refractivity contribution in [2.75, 3.05) is 6.61 Å². The van der Waals surface area contributed by atoms with Crippen LogP contribution >= 0.6 is 0 Å². The summed E-state index contributed by atoms with van der Waals surface area (Å²) in [6, 6.07) is 5.18. The van der Waals surface area contributed by atoms with Crippen LogP contribution in [-0.4, -0.2) is 26.3 Å². The number of rotatable bonds is 2. The molecule has 2 heterocycles. The minimum atomic E-state index is -0.437. The van der Waals surface area contributed by atoms with Gasteiger partial charge >= 0.3 is 0 Å². The first-order chi connectivity index (χ1) is 7.93. The maximum Gasteiger partial charge on any atom is 0.157 e. The molecule has 0 fully saturated rings. The first-order valence-electron chi connectivity index (χ1n) is 5.66. The van der Waals surface area contributed by atoms with Gasteiger partial charge in [-0.2, -0.15) is 5.10 Å². The Morgan fingerprint density at radius 1 is 1.41 bits per heavy atom. The van der Waals surface area contributed by atoms with Crippen molar-refractivity contribution in [2.45, 2.75) is 32.2 Å². The number of nitrogens with two attached hydrogens (primary N) is 1. The van der Waals surface area contributed by atoms with Crippen molar-refractivity contribution in [2.24, 2.45) is 5.73 Å². The molecule has 92 valence electrons. The van der Waals surface area contributed by atoms with Crippen LogP contribution in [0.1, 0.15) is 38.3 Å². The van der Waals surface area contributed by atoms with Crippen LogP contribution in [0.25, 0.3) is 5.65 Å². The van der Waals surface area contributed by atoms with E-state index in [1.54, 1.807) is 4.52 Å². The number of hydrogen-bond donors (Lipinski definition) is 2. The van der Waals surface area contributed by atoms with Crippen LogP contribution in [0.4, 0.5) is 0 Å². The normalized spacial score (nSPS) is 14.2. The largest absolute Gasteiger partial charge is 0.394 e. The Bertz CT molecular complexity index is 527. The summed E-state index contributed by atoms with van der Waals surface area (Å²) in [5, 5.41) is 13.6. The summed E-state index contributed by atoms with van der Waals surface area (Å²) in [4.78, 5) is 4.48. The molecule has 3 N–H and O–H groups in total. The third-order valence-electron chi connectivity index (χ3n) is 2.64. The molecule has 2 aromatic heterocycles. The maximum absolute atomic E-state index is 9.13.